The number of carbonyl (C=O) groups is 5. The summed E-state index contributed by atoms with van der Waals surface area (Å²) in [5.74, 6) is -2.01. The van der Waals surface area contributed by atoms with Gasteiger partial charge in [-0.15, -0.1) is 0 Å². The van der Waals surface area contributed by atoms with Crippen LogP contribution < -0.4 is 11.1 Å². The summed E-state index contributed by atoms with van der Waals surface area (Å²) in [6, 6.07) is 13.4. The molecule has 0 saturated carbocycles. The number of likely N-dealkylation sites (N-methyl/N-ethyl adjacent to an activating group) is 2. The molecule has 2 aromatic rings. The zero-order valence-electron chi connectivity index (χ0n) is 25.5. The average molecular weight is 610 g/mol. The first-order chi connectivity index (χ1) is 20.9. The maximum atomic E-state index is 14.0. The second kappa shape index (κ2) is 15.9. The number of carboxylic acid groups (broad SMARTS) is 1. The number of nitrogens with two attached hydrogens (primary N) is 1. The predicted molar refractivity (Wildman–Crippen MR) is 163 cm³/mol. The van der Waals surface area contributed by atoms with Crippen molar-refractivity contribution in [1.82, 2.24) is 20.0 Å². The van der Waals surface area contributed by atoms with Gasteiger partial charge in [-0.1, -0.05) is 42.5 Å². The van der Waals surface area contributed by atoms with Crippen molar-refractivity contribution in [2.75, 3.05) is 27.2 Å². The molecule has 4 amide bonds. The van der Waals surface area contributed by atoms with Crippen molar-refractivity contribution in [3.8, 4) is 5.75 Å². The molecule has 2 fully saturated rings. The highest BCUT2D eigenvalue weighted by Gasteiger charge is 2.43. The van der Waals surface area contributed by atoms with Crippen LogP contribution in [0.2, 0.25) is 0 Å². The molecule has 2 heterocycles. The Hall–Kier alpha value is -4.45. The summed E-state index contributed by atoms with van der Waals surface area (Å²) in [5, 5.41) is 20.1. The van der Waals surface area contributed by atoms with Gasteiger partial charge < -0.3 is 36.0 Å². The Morgan fingerprint density at radius 2 is 1.41 bits per heavy atom. The third kappa shape index (κ3) is 8.79. The topological polar surface area (TPSA) is 174 Å². The van der Waals surface area contributed by atoms with Crippen molar-refractivity contribution in [2.45, 2.75) is 69.6 Å². The molecular formula is C32H43N5O7. The number of phenols is 1. The molecule has 5 N–H and O–H groups in total. The molecule has 0 aromatic heterocycles. The van der Waals surface area contributed by atoms with Gasteiger partial charge in [-0.05, 0) is 62.4 Å². The van der Waals surface area contributed by atoms with E-state index in [1.807, 2.05) is 30.3 Å². The van der Waals surface area contributed by atoms with Gasteiger partial charge in [-0.2, -0.15) is 0 Å². The predicted octanol–water partition coefficient (Wildman–Crippen LogP) is 1.15. The van der Waals surface area contributed by atoms with Crippen LogP contribution in [0, 0.1) is 0 Å². The third-order valence-electron chi connectivity index (χ3n) is 8.08. The summed E-state index contributed by atoms with van der Waals surface area (Å²) >= 11 is 0. The van der Waals surface area contributed by atoms with Gasteiger partial charge in [0.25, 0.3) is 5.97 Å². The number of aromatic hydroxyl groups is 1. The first-order valence-corrected chi connectivity index (χ1v) is 14.8. The van der Waals surface area contributed by atoms with Crippen LogP contribution in [0.15, 0.2) is 54.6 Å². The molecule has 2 aliphatic heterocycles. The number of nitrogens with one attached hydrogen (secondary N) is 1. The lowest BCUT2D eigenvalue weighted by Gasteiger charge is -2.36. The number of rotatable bonds is 10. The van der Waals surface area contributed by atoms with Crippen LogP contribution in [-0.4, -0.2) is 106 Å². The van der Waals surface area contributed by atoms with Crippen molar-refractivity contribution in [2.24, 2.45) is 5.73 Å². The lowest BCUT2D eigenvalue weighted by atomic mass is 10.0. The fourth-order valence-electron chi connectivity index (χ4n) is 5.80. The van der Waals surface area contributed by atoms with Crippen LogP contribution in [0.25, 0.3) is 0 Å². The minimum Gasteiger partial charge on any atom is -0.508 e. The van der Waals surface area contributed by atoms with E-state index in [-0.39, 0.29) is 29.9 Å². The smallest absolute Gasteiger partial charge is 0.300 e. The van der Waals surface area contributed by atoms with E-state index in [4.69, 9.17) is 15.6 Å². The zero-order chi connectivity index (χ0) is 32.4. The van der Waals surface area contributed by atoms with E-state index in [9.17, 15) is 24.3 Å². The fourth-order valence-corrected chi connectivity index (χ4v) is 5.80. The van der Waals surface area contributed by atoms with Crippen molar-refractivity contribution in [3.63, 3.8) is 0 Å². The van der Waals surface area contributed by atoms with Gasteiger partial charge >= 0.3 is 0 Å². The molecule has 44 heavy (non-hydrogen) atoms. The highest BCUT2D eigenvalue weighted by molar-refractivity contribution is 5.95. The molecule has 2 aromatic carbocycles. The Morgan fingerprint density at radius 1 is 0.886 bits per heavy atom. The number of aliphatic carboxylic acids is 1. The standard InChI is InChI=1S/C30H39N5O5.C2H4O2/c1-32-23(18-21-12-14-22(36)15-13-21)28(38)35-17-7-11-25(35)29(39)33(2)26(19-20-8-4-3-5-9-20)30(40)34-16-6-10-24(34)27(31)37;1-2(3)4/h3-5,8-9,12-15,23-26,32,36H,6-7,10-11,16-19H2,1-2H3,(H2,31,37);1H3,(H,3,4)/t23-,24+,25-,26-;/m0./s1. The molecule has 238 valence electrons. The van der Waals surface area contributed by atoms with E-state index in [0.717, 1.165) is 18.1 Å². The number of carbonyl (C=O) groups excluding carboxylic acids is 4. The van der Waals surface area contributed by atoms with E-state index in [1.54, 1.807) is 43.3 Å². The number of primary amides is 1. The Bertz CT molecular complexity index is 1300. The van der Waals surface area contributed by atoms with Crippen LogP contribution >= 0.6 is 0 Å². The van der Waals surface area contributed by atoms with Gasteiger partial charge in [0, 0.05) is 33.5 Å². The lowest BCUT2D eigenvalue weighted by molar-refractivity contribution is -0.151. The quantitative estimate of drug-likeness (QED) is 0.310. The monoisotopic (exact) mass is 609 g/mol. The van der Waals surface area contributed by atoms with E-state index in [2.05, 4.69) is 5.32 Å². The van der Waals surface area contributed by atoms with Crippen molar-refractivity contribution >= 4 is 29.6 Å². The summed E-state index contributed by atoms with van der Waals surface area (Å²) < 4.78 is 0. The number of amides is 4. The maximum absolute atomic E-state index is 14.0. The summed E-state index contributed by atoms with van der Waals surface area (Å²) in [5.41, 5.74) is 7.36. The van der Waals surface area contributed by atoms with Crippen LogP contribution in [0.3, 0.4) is 0 Å². The summed E-state index contributed by atoms with van der Waals surface area (Å²) in [6.07, 6.45) is 3.05. The SMILES string of the molecule is CC(=O)O.CN[C@@H](Cc1ccc(O)cc1)C(=O)N1CCC[C@H]1C(=O)N(C)[C@@H](Cc1ccccc1)C(=O)N1CCC[C@@H]1C(N)=O. The van der Waals surface area contributed by atoms with Crippen LogP contribution in [-0.2, 0) is 36.8 Å². The van der Waals surface area contributed by atoms with Gasteiger partial charge in [-0.25, -0.2) is 0 Å². The molecule has 2 aliphatic rings. The molecule has 4 rings (SSSR count). The van der Waals surface area contributed by atoms with Gasteiger partial charge in [0.15, 0.2) is 0 Å². The fraction of sp³-hybridized carbons (Fsp3) is 0.469. The van der Waals surface area contributed by atoms with E-state index >= 15 is 0 Å². The molecule has 0 radical (unpaired) electrons. The van der Waals surface area contributed by atoms with Gasteiger partial charge in [-0.3, -0.25) is 24.0 Å². The molecular weight excluding hydrogens is 566 g/mol. The van der Waals surface area contributed by atoms with Crippen molar-refractivity contribution in [3.05, 3.63) is 65.7 Å². The van der Waals surface area contributed by atoms with Crippen LogP contribution in [0.4, 0.5) is 0 Å². The Balaban J connectivity index is 0.00000124. The number of likely N-dealkylation sites (tertiary alicyclic amines) is 2. The first kappa shape index (κ1) is 34.0. The van der Waals surface area contributed by atoms with Crippen molar-refractivity contribution < 1.29 is 34.2 Å². The Labute approximate surface area is 257 Å². The number of phenolic OH excluding ortho intramolecular Hbond substituents is 1. The molecule has 12 nitrogen and oxygen atoms in total. The van der Waals surface area contributed by atoms with Crippen molar-refractivity contribution in [1.29, 1.82) is 0 Å². The van der Waals surface area contributed by atoms with Gasteiger partial charge in [0.2, 0.25) is 23.6 Å². The number of nitrogens with zero attached hydrogens (tertiary/aromatic N) is 3. The lowest BCUT2D eigenvalue weighted by Crippen LogP contribution is -2.58. The second-order valence-corrected chi connectivity index (χ2v) is 11.2. The minimum absolute atomic E-state index is 0.153. The van der Waals surface area contributed by atoms with E-state index < -0.39 is 36.0 Å². The number of benzene rings is 2. The number of hydrogen-bond donors (Lipinski definition) is 4. The van der Waals surface area contributed by atoms with Gasteiger partial charge in [0.1, 0.15) is 23.9 Å². The normalized spacial score (nSPS) is 19.0. The largest absolute Gasteiger partial charge is 0.508 e. The highest BCUT2D eigenvalue weighted by Crippen LogP contribution is 2.25. The highest BCUT2D eigenvalue weighted by atomic mass is 16.4. The summed E-state index contributed by atoms with van der Waals surface area (Å²) in [4.78, 5) is 67.0. The molecule has 4 atom stereocenters. The zero-order valence-corrected chi connectivity index (χ0v) is 25.5. The molecule has 0 bridgehead atoms. The molecule has 12 heteroatoms. The van der Waals surface area contributed by atoms with Gasteiger partial charge in [0.05, 0.1) is 6.04 Å². The molecule has 0 spiro atoms. The maximum Gasteiger partial charge on any atom is 0.300 e. The molecule has 2 saturated heterocycles. The average Bonchev–Trinajstić information content (AvgIpc) is 3.69. The Kier molecular flexibility index (Phi) is 12.3. The van der Waals surface area contributed by atoms with E-state index in [1.165, 1.54) is 9.80 Å². The van der Waals surface area contributed by atoms with Crippen LogP contribution in [0.5, 0.6) is 5.75 Å². The third-order valence-corrected chi connectivity index (χ3v) is 8.08. The summed E-state index contributed by atoms with van der Waals surface area (Å²) in [6.45, 7) is 1.94. The number of carboxylic acids is 1. The minimum atomic E-state index is -0.843. The number of hydrogen-bond acceptors (Lipinski definition) is 7. The molecule has 0 unspecified atom stereocenters. The summed E-state index contributed by atoms with van der Waals surface area (Å²) in [7, 11) is 3.32. The van der Waals surface area contributed by atoms with Crippen LogP contribution in [0.1, 0.15) is 43.7 Å². The second-order valence-electron chi connectivity index (χ2n) is 11.2. The van der Waals surface area contributed by atoms with E-state index in [0.29, 0.717) is 45.2 Å². The Morgan fingerprint density at radius 3 is 1.95 bits per heavy atom. The first-order valence-electron chi connectivity index (χ1n) is 14.8. The molecule has 0 aliphatic carbocycles.